The molecule has 1 aromatic heterocycles. The molecule has 0 saturated carbocycles. The lowest BCUT2D eigenvalue weighted by atomic mass is 10.2. The predicted molar refractivity (Wildman–Crippen MR) is 63.2 cm³/mol. The van der Waals surface area contributed by atoms with E-state index in [0.717, 1.165) is 6.07 Å². The minimum atomic E-state index is -1.33. The number of hydrogen-bond donors (Lipinski definition) is 2. The number of aromatic nitrogens is 1. The van der Waals surface area contributed by atoms with Crippen LogP contribution in [0.1, 0.15) is 16.8 Å². The molecule has 0 spiro atoms. The van der Waals surface area contributed by atoms with Gasteiger partial charge in [0.1, 0.15) is 5.56 Å². The zero-order valence-electron chi connectivity index (χ0n) is 9.27. The average Bonchev–Trinajstić information content (AvgIpc) is 2.25. The van der Waals surface area contributed by atoms with Crippen LogP contribution in [0, 0.1) is 5.82 Å². The summed E-state index contributed by atoms with van der Waals surface area (Å²) in [6.45, 7) is 0.395. The van der Waals surface area contributed by atoms with Gasteiger partial charge >= 0.3 is 5.97 Å². The van der Waals surface area contributed by atoms with Gasteiger partial charge in [0.2, 0.25) is 0 Å². The van der Waals surface area contributed by atoms with Gasteiger partial charge in [0.25, 0.3) is 0 Å². The van der Waals surface area contributed by atoms with Crippen molar-refractivity contribution in [1.82, 2.24) is 4.98 Å². The number of nitrogens with one attached hydrogen (secondary N) is 1. The molecule has 1 unspecified atom stereocenters. The molecule has 94 valence electrons. The van der Waals surface area contributed by atoms with Crippen molar-refractivity contribution in [3.8, 4) is 0 Å². The number of carboxylic acids is 1. The lowest BCUT2D eigenvalue weighted by molar-refractivity contribution is 0.0692. The number of anilines is 1. The molecule has 0 aliphatic carbocycles. The number of halogens is 1. The summed E-state index contributed by atoms with van der Waals surface area (Å²) in [5.41, 5.74) is -0.415. The largest absolute Gasteiger partial charge is 0.478 e. The van der Waals surface area contributed by atoms with Crippen LogP contribution < -0.4 is 5.32 Å². The summed E-state index contributed by atoms with van der Waals surface area (Å²) in [5, 5.41) is 11.4. The first-order chi connectivity index (χ1) is 8.02. The van der Waals surface area contributed by atoms with Gasteiger partial charge < -0.3 is 10.4 Å². The van der Waals surface area contributed by atoms with Gasteiger partial charge in [-0.2, -0.15) is 0 Å². The molecule has 7 heteroatoms. The highest BCUT2D eigenvalue weighted by Gasteiger charge is 2.14. The maximum atomic E-state index is 13.5. The SMILES string of the molecule is CS(=O)CCCNc1nccc(C(=O)O)c1F. The summed E-state index contributed by atoms with van der Waals surface area (Å²) in [5.74, 6) is -1.79. The second-order valence-electron chi connectivity index (χ2n) is 3.38. The van der Waals surface area contributed by atoms with Crippen LogP contribution in [-0.4, -0.2) is 38.8 Å². The molecule has 2 N–H and O–H groups in total. The molecule has 0 aromatic carbocycles. The van der Waals surface area contributed by atoms with Crippen molar-refractivity contribution in [3.63, 3.8) is 0 Å². The van der Waals surface area contributed by atoms with Crippen molar-refractivity contribution in [2.24, 2.45) is 0 Å². The number of rotatable bonds is 6. The van der Waals surface area contributed by atoms with Crippen LogP contribution >= 0.6 is 0 Å². The van der Waals surface area contributed by atoms with E-state index in [0.29, 0.717) is 18.7 Å². The van der Waals surface area contributed by atoms with Gasteiger partial charge in [0.05, 0.1) is 0 Å². The molecule has 0 bridgehead atoms. The lowest BCUT2D eigenvalue weighted by Gasteiger charge is -2.07. The Morgan fingerprint density at radius 1 is 1.65 bits per heavy atom. The third kappa shape index (κ3) is 4.10. The van der Waals surface area contributed by atoms with Gasteiger partial charge in [-0.15, -0.1) is 0 Å². The van der Waals surface area contributed by atoms with Gasteiger partial charge in [-0.25, -0.2) is 14.2 Å². The summed E-state index contributed by atoms with van der Waals surface area (Å²) in [6, 6.07) is 1.10. The van der Waals surface area contributed by atoms with Gasteiger partial charge in [-0.1, -0.05) is 0 Å². The van der Waals surface area contributed by atoms with Gasteiger partial charge in [0.15, 0.2) is 11.6 Å². The van der Waals surface area contributed by atoms with Crippen LogP contribution in [-0.2, 0) is 10.8 Å². The third-order valence-electron chi connectivity index (χ3n) is 2.02. The topological polar surface area (TPSA) is 79.3 Å². The van der Waals surface area contributed by atoms with Crippen LogP contribution in [0.15, 0.2) is 12.3 Å². The quantitative estimate of drug-likeness (QED) is 0.749. The summed E-state index contributed by atoms with van der Waals surface area (Å²) in [4.78, 5) is 14.4. The maximum absolute atomic E-state index is 13.5. The highest BCUT2D eigenvalue weighted by molar-refractivity contribution is 7.84. The summed E-state index contributed by atoms with van der Waals surface area (Å²) >= 11 is 0. The Labute approximate surface area is 101 Å². The monoisotopic (exact) mass is 260 g/mol. The Morgan fingerprint density at radius 2 is 2.35 bits per heavy atom. The van der Waals surface area contributed by atoms with E-state index in [1.165, 1.54) is 6.20 Å². The Hall–Kier alpha value is -1.50. The van der Waals surface area contributed by atoms with E-state index in [1.54, 1.807) is 6.26 Å². The smallest absolute Gasteiger partial charge is 0.338 e. The second kappa shape index (κ2) is 6.29. The fourth-order valence-electron chi connectivity index (χ4n) is 1.21. The van der Waals surface area contributed by atoms with E-state index in [1.807, 2.05) is 0 Å². The fourth-order valence-corrected chi connectivity index (χ4v) is 1.77. The van der Waals surface area contributed by atoms with E-state index in [9.17, 15) is 13.4 Å². The fraction of sp³-hybridized carbons (Fsp3) is 0.400. The van der Waals surface area contributed by atoms with E-state index in [4.69, 9.17) is 5.11 Å². The average molecular weight is 260 g/mol. The molecular formula is C10H13FN2O3S. The van der Waals surface area contributed by atoms with Crippen molar-refractivity contribution in [1.29, 1.82) is 0 Å². The van der Waals surface area contributed by atoms with Gasteiger partial charge in [-0.05, 0) is 12.5 Å². The van der Waals surface area contributed by atoms with Crippen molar-refractivity contribution in [3.05, 3.63) is 23.6 Å². The maximum Gasteiger partial charge on any atom is 0.338 e. The minimum absolute atomic E-state index is 0.0909. The Bertz CT molecular complexity index is 440. The number of nitrogens with zero attached hydrogens (tertiary/aromatic N) is 1. The van der Waals surface area contributed by atoms with Gasteiger partial charge in [-0.3, -0.25) is 4.21 Å². The van der Waals surface area contributed by atoms with E-state index < -0.39 is 28.1 Å². The van der Waals surface area contributed by atoms with Crippen molar-refractivity contribution >= 4 is 22.6 Å². The number of carbonyl (C=O) groups is 1. The molecule has 0 radical (unpaired) electrons. The Balaban J connectivity index is 2.62. The molecule has 17 heavy (non-hydrogen) atoms. The molecular weight excluding hydrogens is 247 g/mol. The first kappa shape index (κ1) is 13.6. The third-order valence-corrected chi connectivity index (χ3v) is 2.88. The van der Waals surface area contributed by atoms with Crippen LogP contribution in [0.25, 0.3) is 0 Å². The van der Waals surface area contributed by atoms with Crippen LogP contribution in [0.5, 0.6) is 0 Å². The molecule has 0 aliphatic heterocycles. The van der Waals surface area contributed by atoms with Crippen LogP contribution in [0.4, 0.5) is 10.2 Å². The van der Waals surface area contributed by atoms with Crippen molar-refractivity contribution < 1.29 is 18.5 Å². The molecule has 0 aliphatic rings. The molecule has 0 fully saturated rings. The Kier molecular flexibility index (Phi) is 5.02. The number of aromatic carboxylic acids is 1. The molecule has 1 aromatic rings. The molecule has 1 heterocycles. The lowest BCUT2D eigenvalue weighted by Crippen LogP contribution is -2.11. The Morgan fingerprint density at radius 3 is 2.94 bits per heavy atom. The number of hydrogen-bond acceptors (Lipinski definition) is 4. The summed E-state index contributed by atoms with van der Waals surface area (Å²) in [7, 11) is -0.889. The number of carboxylic acid groups (broad SMARTS) is 1. The normalized spacial score (nSPS) is 12.1. The van der Waals surface area contributed by atoms with E-state index >= 15 is 0 Å². The standard InChI is InChI=1S/C10H13FN2O3S/c1-17(16)6-2-4-12-9-8(11)7(10(14)15)3-5-13-9/h3,5H,2,4,6H2,1H3,(H,12,13)(H,14,15). The highest BCUT2D eigenvalue weighted by atomic mass is 32.2. The zero-order valence-corrected chi connectivity index (χ0v) is 10.1. The van der Waals surface area contributed by atoms with Crippen molar-refractivity contribution in [2.45, 2.75) is 6.42 Å². The highest BCUT2D eigenvalue weighted by Crippen LogP contribution is 2.14. The first-order valence-electron chi connectivity index (χ1n) is 4.94. The van der Waals surface area contributed by atoms with Crippen LogP contribution in [0.3, 0.4) is 0 Å². The predicted octanol–water partition coefficient (Wildman–Crippen LogP) is 1.10. The second-order valence-corrected chi connectivity index (χ2v) is 4.94. The first-order valence-corrected chi connectivity index (χ1v) is 6.66. The molecule has 1 rings (SSSR count). The molecule has 0 saturated heterocycles. The molecule has 0 amide bonds. The van der Waals surface area contributed by atoms with Crippen LogP contribution in [0.2, 0.25) is 0 Å². The van der Waals surface area contributed by atoms with Crippen molar-refractivity contribution in [2.75, 3.05) is 23.9 Å². The summed E-state index contributed by atoms with van der Waals surface area (Å²) in [6.07, 6.45) is 3.41. The van der Waals surface area contributed by atoms with Gasteiger partial charge in [0, 0.05) is 35.5 Å². The molecule has 5 nitrogen and oxygen atoms in total. The minimum Gasteiger partial charge on any atom is -0.478 e. The van der Waals surface area contributed by atoms with E-state index in [-0.39, 0.29) is 5.82 Å². The zero-order chi connectivity index (χ0) is 12.8. The molecule has 1 atom stereocenters. The number of pyridine rings is 1. The van der Waals surface area contributed by atoms with E-state index in [2.05, 4.69) is 10.3 Å². The summed E-state index contributed by atoms with van der Waals surface area (Å²) < 4.78 is 24.3.